The van der Waals surface area contributed by atoms with Crippen molar-refractivity contribution in [2.24, 2.45) is 10.7 Å². The van der Waals surface area contributed by atoms with Gasteiger partial charge < -0.3 is 20.5 Å². The maximum Gasteiger partial charge on any atom is 0.189 e. The van der Waals surface area contributed by atoms with Crippen molar-refractivity contribution in [2.45, 2.75) is 26.1 Å². The van der Waals surface area contributed by atoms with Gasteiger partial charge >= 0.3 is 0 Å². The van der Waals surface area contributed by atoms with Crippen LogP contribution < -0.4 is 15.8 Å². The molecule has 0 fully saturated rings. The maximum absolute atomic E-state index is 6.13. The monoisotopic (exact) mass is 361 g/mol. The molecule has 0 saturated heterocycles. The predicted octanol–water partition coefficient (Wildman–Crippen LogP) is 3.36. The lowest BCUT2D eigenvalue weighted by molar-refractivity contribution is 0.179. The first kappa shape index (κ1) is 19.1. The third-order valence-corrected chi connectivity index (χ3v) is 3.88. The maximum atomic E-state index is 6.13. The second-order valence-electron chi connectivity index (χ2n) is 5.69. The minimum absolute atomic E-state index is 0.104. The van der Waals surface area contributed by atoms with Gasteiger partial charge in [0.05, 0.1) is 18.2 Å². The van der Waals surface area contributed by atoms with Crippen LogP contribution in [0.3, 0.4) is 0 Å². The lowest BCUT2D eigenvalue weighted by atomic mass is 10.1. The number of halogens is 1. The Balaban J connectivity index is 1.99. The molecular formula is C19H24ClN3O2. The molecule has 0 aliphatic carbocycles. The molecule has 2 aromatic rings. The van der Waals surface area contributed by atoms with Gasteiger partial charge in [-0.1, -0.05) is 48.0 Å². The number of nitrogens with zero attached hydrogens (tertiary/aromatic N) is 1. The van der Waals surface area contributed by atoms with Gasteiger partial charge in [0.25, 0.3) is 0 Å². The number of rotatable bonds is 8. The molecular weight excluding hydrogens is 338 g/mol. The van der Waals surface area contributed by atoms with E-state index in [0.717, 1.165) is 11.1 Å². The van der Waals surface area contributed by atoms with E-state index >= 15 is 0 Å². The molecule has 3 N–H and O–H groups in total. The number of aliphatic imine (C=N–C) groups is 1. The van der Waals surface area contributed by atoms with E-state index in [1.54, 1.807) is 13.2 Å². The van der Waals surface area contributed by atoms with Crippen molar-refractivity contribution < 1.29 is 9.47 Å². The first-order valence-corrected chi connectivity index (χ1v) is 8.47. The fraction of sp³-hybridized carbons (Fsp3) is 0.316. The molecule has 0 radical (unpaired) electrons. The van der Waals surface area contributed by atoms with Crippen LogP contribution >= 0.6 is 11.6 Å². The second kappa shape index (κ2) is 9.91. The Hall–Kier alpha value is -2.24. The molecule has 25 heavy (non-hydrogen) atoms. The van der Waals surface area contributed by atoms with E-state index < -0.39 is 0 Å². The zero-order valence-corrected chi connectivity index (χ0v) is 15.3. The highest BCUT2D eigenvalue weighted by molar-refractivity contribution is 6.32. The fourth-order valence-electron chi connectivity index (χ4n) is 2.33. The van der Waals surface area contributed by atoms with Gasteiger partial charge in [-0.3, -0.25) is 0 Å². The van der Waals surface area contributed by atoms with Crippen LogP contribution in [0.5, 0.6) is 5.75 Å². The molecule has 0 bridgehead atoms. The molecule has 0 amide bonds. The van der Waals surface area contributed by atoms with Gasteiger partial charge in [-0.25, -0.2) is 4.99 Å². The summed E-state index contributed by atoms with van der Waals surface area (Å²) in [5, 5.41) is 3.69. The predicted molar refractivity (Wildman–Crippen MR) is 102 cm³/mol. The number of methoxy groups -OCH3 is 1. The van der Waals surface area contributed by atoms with E-state index in [0.29, 0.717) is 36.5 Å². The van der Waals surface area contributed by atoms with Gasteiger partial charge in [0.1, 0.15) is 12.4 Å². The highest BCUT2D eigenvalue weighted by atomic mass is 35.5. The zero-order chi connectivity index (χ0) is 18.1. The molecule has 0 aliphatic heterocycles. The first-order chi connectivity index (χ1) is 12.1. The van der Waals surface area contributed by atoms with Crippen LogP contribution in [0.15, 0.2) is 53.5 Å². The smallest absolute Gasteiger partial charge is 0.189 e. The number of guanidine groups is 1. The summed E-state index contributed by atoms with van der Waals surface area (Å²) < 4.78 is 10.9. The van der Waals surface area contributed by atoms with Gasteiger partial charge in [-0.15, -0.1) is 0 Å². The molecule has 0 spiro atoms. The van der Waals surface area contributed by atoms with Crippen LogP contribution in [0.25, 0.3) is 0 Å². The molecule has 0 aromatic heterocycles. The quantitative estimate of drug-likeness (QED) is 0.558. The average molecular weight is 362 g/mol. The third-order valence-electron chi connectivity index (χ3n) is 3.57. The van der Waals surface area contributed by atoms with Crippen molar-refractivity contribution in [2.75, 3.05) is 13.7 Å². The Morgan fingerprint density at radius 3 is 2.56 bits per heavy atom. The molecule has 1 unspecified atom stereocenters. The number of hydrogen-bond donors (Lipinski definition) is 2. The van der Waals surface area contributed by atoms with Gasteiger partial charge in [-0.05, 0) is 30.2 Å². The normalized spacial score (nSPS) is 12.7. The number of ether oxygens (including phenoxy) is 2. The number of hydrogen-bond acceptors (Lipinski definition) is 3. The minimum Gasteiger partial charge on any atom is -0.487 e. The molecule has 2 aromatic carbocycles. The van der Waals surface area contributed by atoms with Crippen LogP contribution in [-0.4, -0.2) is 25.7 Å². The van der Waals surface area contributed by atoms with Gasteiger partial charge in [0.15, 0.2) is 5.96 Å². The van der Waals surface area contributed by atoms with E-state index in [9.17, 15) is 0 Å². The SMILES string of the molecule is COCC(C)NC(N)=NCc1ccccc1COc1ccccc1Cl. The number of para-hydroxylation sites is 1. The van der Waals surface area contributed by atoms with E-state index in [4.69, 9.17) is 26.8 Å². The van der Waals surface area contributed by atoms with Crippen LogP contribution in [0.2, 0.25) is 5.02 Å². The summed E-state index contributed by atoms with van der Waals surface area (Å²) in [5.74, 6) is 1.06. The van der Waals surface area contributed by atoms with Crippen molar-refractivity contribution in [3.63, 3.8) is 0 Å². The fourth-order valence-corrected chi connectivity index (χ4v) is 2.52. The summed E-state index contributed by atoms with van der Waals surface area (Å²) in [6.45, 7) is 3.44. The van der Waals surface area contributed by atoms with E-state index in [1.807, 2.05) is 49.4 Å². The van der Waals surface area contributed by atoms with E-state index in [-0.39, 0.29) is 6.04 Å². The molecule has 0 saturated carbocycles. The van der Waals surface area contributed by atoms with Crippen molar-refractivity contribution >= 4 is 17.6 Å². The van der Waals surface area contributed by atoms with Crippen LogP contribution in [0.4, 0.5) is 0 Å². The molecule has 5 nitrogen and oxygen atoms in total. The largest absolute Gasteiger partial charge is 0.487 e. The topological polar surface area (TPSA) is 68.9 Å². The van der Waals surface area contributed by atoms with Crippen LogP contribution in [-0.2, 0) is 17.9 Å². The summed E-state index contributed by atoms with van der Waals surface area (Å²) in [7, 11) is 1.65. The number of nitrogens with two attached hydrogens (primary N) is 1. The zero-order valence-electron chi connectivity index (χ0n) is 14.5. The van der Waals surface area contributed by atoms with Gasteiger partial charge in [0.2, 0.25) is 0 Å². The van der Waals surface area contributed by atoms with Crippen LogP contribution in [0.1, 0.15) is 18.1 Å². The van der Waals surface area contributed by atoms with Crippen molar-refractivity contribution in [1.29, 1.82) is 0 Å². The molecule has 0 heterocycles. The molecule has 134 valence electrons. The van der Waals surface area contributed by atoms with Crippen molar-refractivity contribution in [1.82, 2.24) is 5.32 Å². The Labute approximate surface area is 153 Å². The number of nitrogens with one attached hydrogen (secondary N) is 1. The number of benzene rings is 2. The van der Waals surface area contributed by atoms with E-state index in [1.165, 1.54) is 0 Å². The lowest BCUT2D eigenvalue weighted by Gasteiger charge is -2.14. The van der Waals surface area contributed by atoms with Crippen LogP contribution in [0, 0.1) is 0 Å². The Bertz CT molecular complexity index is 707. The molecule has 1 atom stereocenters. The summed E-state index contributed by atoms with van der Waals surface area (Å²) in [6, 6.07) is 15.5. The molecule has 2 rings (SSSR count). The third kappa shape index (κ3) is 6.29. The minimum atomic E-state index is 0.104. The van der Waals surface area contributed by atoms with Crippen molar-refractivity contribution in [3.8, 4) is 5.75 Å². The lowest BCUT2D eigenvalue weighted by Crippen LogP contribution is -2.40. The Morgan fingerprint density at radius 1 is 1.16 bits per heavy atom. The average Bonchev–Trinajstić information content (AvgIpc) is 2.60. The van der Waals surface area contributed by atoms with Gasteiger partial charge in [-0.2, -0.15) is 0 Å². The highest BCUT2D eigenvalue weighted by Crippen LogP contribution is 2.24. The van der Waals surface area contributed by atoms with E-state index in [2.05, 4.69) is 10.3 Å². The summed E-state index contributed by atoms with van der Waals surface area (Å²) in [4.78, 5) is 4.40. The Kier molecular flexibility index (Phi) is 7.57. The second-order valence-corrected chi connectivity index (χ2v) is 6.10. The summed E-state index contributed by atoms with van der Waals surface area (Å²) in [5.41, 5.74) is 8.02. The van der Waals surface area contributed by atoms with Crippen molar-refractivity contribution in [3.05, 3.63) is 64.7 Å². The van der Waals surface area contributed by atoms with Gasteiger partial charge in [0, 0.05) is 13.2 Å². The highest BCUT2D eigenvalue weighted by Gasteiger charge is 2.06. The Morgan fingerprint density at radius 2 is 1.84 bits per heavy atom. The summed E-state index contributed by atoms with van der Waals surface area (Å²) >= 11 is 6.13. The first-order valence-electron chi connectivity index (χ1n) is 8.09. The molecule has 0 aliphatic rings. The standard InChI is InChI=1S/C19H24ClN3O2/c1-14(12-24-2)23-19(21)22-11-15-7-3-4-8-16(15)13-25-18-10-6-5-9-17(18)20/h3-10,14H,11-13H2,1-2H3,(H3,21,22,23). The summed E-state index contributed by atoms with van der Waals surface area (Å²) in [6.07, 6.45) is 0. The molecule has 6 heteroatoms.